The molecule has 4 rings (SSSR count). The van der Waals surface area contributed by atoms with Crippen molar-refractivity contribution in [3.05, 3.63) is 71.6 Å². The molecule has 0 bridgehead atoms. The van der Waals surface area contributed by atoms with Gasteiger partial charge in [-0.3, -0.25) is 14.0 Å². The molecule has 2 aromatic carbocycles. The number of nitrogens with zero attached hydrogens (tertiary/aromatic N) is 2. The Labute approximate surface area is 219 Å². The van der Waals surface area contributed by atoms with Crippen LogP contribution >= 0.6 is 11.6 Å². The molecule has 4 aromatic rings. The fraction of sp³-hybridized carbons (Fsp3) is 0.321. The number of fused-ring (bicyclic) bond motifs is 1. The Bertz CT molecular complexity index is 1370. The molecule has 2 aromatic heterocycles. The Morgan fingerprint density at radius 2 is 1.97 bits per heavy atom. The second-order valence-electron chi connectivity index (χ2n) is 9.24. The van der Waals surface area contributed by atoms with Crippen molar-refractivity contribution in [2.45, 2.75) is 50.3 Å². The molecule has 3 atom stereocenters. The zero-order valence-corrected chi connectivity index (χ0v) is 22.3. The third-order valence-electron chi connectivity index (χ3n) is 6.43. The summed E-state index contributed by atoms with van der Waals surface area (Å²) in [6, 6.07) is 13.4. The van der Waals surface area contributed by atoms with Crippen molar-refractivity contribution >= 4 is 45.0 Å². The van der Waals surface area contributed by atoms with E-state index >= 15 is 0 Å². The monoisotopic (exact) mass is 522 g/mol. The van der Waals surface area contributed by atoms with Crippen molar-refractivity contribution in [2.24, 2.45) is 5.92 Å². The Balaban J connectivity index is 1.54. The zero-order chi connectivity index (χ0) is 25.7. The molecular weight excluding hydrogens is 492 g/mol. The average Bonchev–Trinajstić information content (AvgIpc) is 3.34. The van der Waals surface area contributed by atoms with Gasteiger partial charge in [-0.15, -0.1) is 0 Å². The van der Waals surface area contributed by atoms with E-state index in [-0.39, 0.29) is 5.91 Å². The van der Waals surface area contributed by atoms with E-state index in [1.807, 2.05) is 30.5 Å². The van der Waals surface area contributed by atoms with Crippen molar-refractivity contribution in [3.8, 4) is 11.3 Å². The van der Waals surface area contributed by atoms with E-state index in [1.165, 1.54) is 0 Å². The number of aromatic nitrogens is 3. The van der Waals surface area contributed by atoms with Crippen LogP contribution in [0.4, 0.5) is 5.82 Å². The van der Waals surface area contributed by atoms with Gasteiger partial charge < -0.3 is 10.3 Å². The number of unbranched alkanes of at least 4 members (excludes halogenated alkanes) is 1. The molecule has 2 heterocycles. The summed E-state index contributed by atoms with van der Waals surface area (Å²) in [4.78, 5) is 26.2. The summed E-state index contributed by atoms with van der Waals surface area (Å²) in [6.07, 6.45) is 10.7. The smallest absolute Gasteiger partial charge is 0.233 e. The van der Waals surface area contributed by atoms with Gasteiger partial charge in [0.15, 0.2) is 5.82 Å². The summed E-state index contributed by atoms with van der Waals surface area (Å²) in [6.45, 7) is 4.34. The van der Waals surface area contributed by atoms with E-state index in [0.29, 0.717) is 28.1 Å². The number of carbonyl (C=O) groups excluding carboxylic acids is 1. The number of anilines is 1. The van der Waals surface area contributed by atoms with Crippen LogP contribution in [-0.4, -0.2) is 31.3 Å². The highest BCUT2D eigenvalue weighted by Gasteiger charge is 2.25. The van der Waals surface area contributed by atoms with E-state index in [0.717, 1.165) is 47.0 Å². The number of nitrogens with one attached hydrogen (secondary N) is 2. The van der Waals surface area contributed by atoms with Crippen LogP contribution in [-0.2, 0) is 15.6 Å². The molecule has 2 N–H and O–H groups in total. The van der Waals surface area contributed by atoms with Gasteiger partial charge in [-0.05, 0) is 48.2 Å². The van der Waals surface area contributed by atoms with E-state index in [4.69, 9.17) is 11.6 Å². The molecule has 0 aliphatic heterocycles. The number of aromatic amines is 1. The molecule has 1 amide bonds. The van der Waals surface area contributed by atoms with Gasteiger partial charge in [0.25, 0.3) is 0 Å². The predicted octanol–water partition coefficient (Wildman–Crippen LogP) is 6.95. The number of hydrogen-bond donors (Lipinski definition) is 2. The van der Waals surface area contributed by atoms with Crippen molar-refractivity contribution in [2.75, 3.05) is 11.6 Å². The highest BCUT2D eigenvalue weighted by Crippen LogP contribution is 2.31. The highest BCUT2D eigenvalue weighted by atomic mass is 35.5. The molecular formula is C28H31ClN4O2S. The van der Waals surface area contributed by atoms with Crippen LogP contribution in [0.5, 0.6) is 0 Å². The molecule has 0 radical (unpaired) electrons. The maximum absolute atomic E-state index is 13.4. The maximum atomic E-state index is 13.4. The molecule has 8 heteroatoms. The molecule has 6 nitrogen and oxygen atoms in total. The molecule has 0 aliphatic rings. The van der Waals surface area contributed by atoms with Crippen LogP contribution in [0.2, 0.25) is 5.02 Å². The highest BCUT2D eigenvalue weighted by molar-refractivity contribution is 7.84. The van der Waals surface area contributed by atoms with Crippen molar-refractivity contribution in [1.29, 1.82) is 0 Å². The number of hydrogen-bond acceptors (Lipinski definition) is 4. The first-order valence-corrected chi connectivity index (χ1v) is 14.1. The summed E-state index contributed by atoms with van der Waals surface area (Å²) in [7, 11) is -1.20. The third kappa shape index (κ3) is 6.20. The minimum absolute atomic E-state index is 0.157. The van der Waals surface area contributed by atoms with Crippen molar-refractivity contribution in [1.82, 2.24) is 15.0 Å². The number of benzene rings is 2. The zero-order valence-electron chi connectivity index (χ0n) is 20.8. The maximum Gasteiger partial charge on any atom is 0.233 e. The Morgan fingerprint density at radius 1 is 1.14 bits per heavy atom. The summed E-state index contributed by atoms with van der Waals surface area (Å²) in [5, 5.41) is 4.46. The minimum atomic E-state index is -1.20. The molecule has 36 heavy (non-hydrogen) atoms. The first-order valence-electron chi connectivity index (χ1n) is 12.2. The molecule has 0 aliphatic carbocycles. The Morgan fingerprint density at radius 3 is 2.67 bits per heavy atom. The molecule has 0 spiro atoms. The van der Waals surface area contributed by atoms with Crippen LogP contribution in [0, 0.1) is 5.92 Å². The summed E-state index contributed by atoms with van der Waals surface area (Å²) >= 11 is 6.41. The van der Waals surface area contributed by atoms with E-state index in [9.17, 15) is 9.00 Å². The van der Waals surface area contributed by atoms with Gasteiger partial charge in [0, 0.05) is 28.9 Å². The lowest BCUT2D eigenvalue weighted by Gasteiger charge is -2.21. The number of amides is 1. The number of halogens is 1. The topological polar surface area (TPSA) is 87.7 Å². The lowest BCUT2D eigenvalue weighted by Crippen LogP contribution is -2.24. The molecule has 0 saturated heterocycles. The molecule has 3 unspecified atom stereocenters. The summed E-state index contributed by atoms with van der Waals surface area (Å²) < 4.78 is 11.9. The van der Waals surface area contributed by atoms with Gasteiger partial charge >= 0.3 is 0 Å². The van der Waals surface area contributed by atoms with Gasteiger partial charge in [0.1, 0.15) is 0 Å². The van der Waals surface area contributed by atoms with Gasteiger partial charge in [-0.25, -0.2) is 4.98 Å². The van der Waals surface area contributed by atoms with E-state index in [1.54, 1.807) is 30.8 Å². The van der Waals surface area contributed by atoms with Gasteiger partial charge in [0.2, 0.25) is 5.91 Å². The molecule has 0 saturated carbocycles. The quantitative estimate of drug-likeness (QED) is 0.236. The Kier molecular flexibility index (Phi) is 8.54. The number of carbonyl (C=O) groups is 1. The SMILES string of the molecule is CCCCC(C)CC(C(=O)Nc1cnc(-c2ccc3[nH]ccc3c2)cn1)c1ccc(S(C)=O)c(Cl)c1. The average molecular weight is 523 g/mol. The van der Waals surface area contributed by atoms with Gasteiger partial charge in [-0.1, -0.05) is 56.8 Å². The Hall–Kier alpha value is -3.03. The van der Waals surface area contributed by atoms with Crippen LogP contribution in [0.25, 0.3) is 22.2 Å². The van der Waals surface area contributed by atoms with Crippen LogP contribution in [0.3, 0.4) is 0 Å². The minimum Gasteiger partial charge on any atom is -0.361 e. The summed E-state index contributed by atoms with van der Waals surface area (Å²) in [5.74, 6) is 0.188. The summed E-state index contributed by atoms with van der Waals surface area (Å²) in [5.41, 5.74) is 3.56. The van der Waals surface area contributed by atoms with Crippen LogP contribution < -0.4 is 5.32 Å². The van der Waals surface area contributed by atoms with Gasteiger partial charge in [0.05, 0.1) is 44.7 Å². The largest absolute Gasteiger partial charge is 0.361 e. The predicted molar refractivity (Wildman–Crippen MR) is 148 cm³/mol. The van der Waals surface area contributed by atoms with Crippen molar-refractivity contribution in [3.63, 3.8) is 0 Å². The van der Waals surface area contributed by atoms with Crippen LogP contribution in [0.15, 0.2) is 66.0 Å². The first-order chi connectivity index (χ1) is 17.4. The fourth-order valence-corrected chi connectivity index (χ4v) is 5.51. The second-order valence-corrected chi connectivity index (χ2v) is 11.0. The fourth-order valence-electron chi connectivity index (χ4n) is 4.40. The first kappa shape index (κ1) is 26.0. The number of rotatable bonds is 10. The van der Waals surface area contributed by atoms with E-state index in [2.05, 4.69) is 40.2 Å². The molecule has 188 valence electrons. The normalized spacial score (nSPS) is 13.9. The standard InChI is InChI=1S/C28H31ClN4O2S/c1-4-5-6-18(2)13-22(19-8-10-26(36(3)35)23(29)15-19)28(34)33-27-17-31-25(16-32-27)20-7-9-24-21(14-20)11-12-30-24/h7-12,14-18,22,30H,4-6,13H2,1-3H3,(H,32,33,34). The van der Waals surface area contributed by atoms with Crippen molar-refractivity contribution < 1.29 is 9.00 Å². The lowest BCUT2D eigenvalue weighted by molar-refractivity contribution is -0.118. The van der Waals surface area contributed by atoms with Gasteiger partial charge in [-0.2, -0.15) is 0 Å². The number of H-pyrrole nitrogens is 1. The molecule has 0 fully saturated rings. The lowest BCUT2D eigenvalue weighted by atomic mass is 9.86. The second kappa shape index (κ2) is 11.8. The van der Waals surface area contributed by atoms with E-state index < -0.39 is 16.7 Å². The van der Waals surface area contributed by atoms with Crippen LogP contribution in [0.1, 0.15) is 51.0 Å². The third-order valence-corrected chi connectivity index (χ3v) is 7.83.